The van der Waals surface area contributed by atoms with Crippen molar-refractivity contribution in [3.63, 3.8) is 0 Å². The van der Waals surface area contributed by atoms with E-state index in [2.05, 4.69) is 108 Å². The van der Waals surface area contributed by atoms with Gasteiger partial charge in [-0.2, -0.15) is 0 Å². The molecule has 0 fully saturated rings. The van der Waals surface area contributed by atoms with E-state index in [9.17, 15) is 4.21 Å². The summed E-state index contributed by atoms with van der Waals surface area (Å²) in [6.45, 7) is 13.0. The van der Waals surface area contributed by atoms with Crippen LogP contribution in [0.25, 0.3) is 31.9 Å². The molecule has 42 heavy (non-hydrogen) atoms. The van der Waals surface area contributed by atoms with Gasteiger partial charge >= 0.3 is 0 Å². The molecule has 208 valence electrons. The van der Waals surface area contributed by atoms with Crippen LogP contribution in [0.15, 0.2) is 142 Å². The van der Waals surface area contributed by atoms with Crippen molar-refractivity contribution in [2.75, 3.05) is 18.1 Å². The molecule has 4 nitrogen and oxygen atoms in total. The Kier molecular flexibility index (Phi) is 15.4. The zero-order valence-corrected chi connectivity index (χ0v) is 25.4. The highest BCUT2D eigenvalue weighted by Crippen LogP contribution is 2.43. The van der Waals surface area contributed by atoms with Gasteiger partial charge in [0.2, 0.25) is 0 Å². The van der Waals surface area contributed by atoms with Gasteiger partial charge in [-0.3, -0.25) is 4.21 Å². The highest BCUT2D eigenvalue weighted by atomic mass is 32.2. The Hall–Kier alpha value is -4.78. The Morgan fingerprint density at radius 3 is 2.05 bits per heavy atom. The molecule has 4 aromatic rings. The van der Waals surface area contributed by atoms with Crippen LogP contribution in [0, 0.1) is 0 Å². The number of benzene rings is 1. The van der Waals surface area contributed by atoms with E-state index in [4.69, 9.17) is 15.8 Å². The number of hydrogen-bond donors (Lipinski definition) is 2. The van der Waals surface area contributed by atoms with Gasteiger partial charge in [0.15, 0.2) is 0 Å². The third kappa shape index (κ3) is 10.3. The number of aromatic nitrogens is 1. The van der Waals surface area contributed by atoms with Crippen LogP contribution < -0.4 is 5.73 Å². The van der Waals surface area contributed by atoms with Crippen molar-refractivity contribution >= 4 is 49.4 Å². The first-order valence-corrected chi connectivity index (χ1v) is 15.4. The van der Waals surface area contributed by atoms with Crippen LogP contribution in [-0.2, 0) is 10.8 Å². The Balaban J connectivity index is 0.000000369. The topological polar surface area (TPSA) is 76.2 Å². The van der Waals surface area contributed by atoms with E-state index in [1.807, 2.05) is 29.6 Å². The molecular weight excluding hydrogens is 577 g/mol. The van der Waals surface area contributed by atoms with Gasteiger partial charge in [-0.05, 0) is 102 Å². The van der Waals surface area contributed by atoms with Crippen molar-refractivity contribution in [2.45, 2.75) is 17.1 Å². The number of aliphatic hydroxyl groups excluding tert-OH is 1. The molecule has 4 rings (SSSR count). The minimum atomic E-state index is -1.19. The SMILES string of the molecule is C=C=C=C.C=C=C=C=C=C=C=C=C=C.Nc1c(S(=O)CCCCO)sc2nc(-c3cccs3)cc(-c3ccccc3)c12. The molecule has 3 N–H and O–H groups in total. The van der Waals surface area contributed by atoms with Crippen LogP contribution in [0.1, 0.15) is 12.8 Å². The van der Waals surface area contributed by atoms with E-state index < -0.39 is 10.8 Å². The Morgan fingerprint density at radius 1 is 0.857 bits per heavy atom. The highest BCUT2D eigenvalue weighted by molar-refractivity contribution is 7.87. The minimum Gasteiger partial charge on any atom is -0.396 e. The van der Waals surface area contributed by atoms with Gasteiger partial charge in [0.25, 0.3) is 0 Å². The summed E-state index contributed by atoms with van der Waals surface area (Å²) < 4.78 is 13.5. The molecule has 0 amide bonds. The predicted octanol–water partition coefficient (Wildman–Crippen LogP) is 8.31. The number of anilines is 1. The van der Waals surface area contributed by atoms with Crippen molar-refractivity contribution in [1.29, 1.82) is 0 Å². The average Bonchev–Trinajstić information content (AvgIpc) is 3.68. The molecule has 0 spiro atoms. The van der Waals surface area contributed by atoms with Gasteiger partial charge in [-0.25, -0.2) is 4.98 Å². The van der Waals surface area contributed by atoms with Crippen LogP contribution in [0.4, 0.5) is 5.69 Å². The lowest BCUT2D eigenvalue weighted by atomic mass is 10.0. The van der Waals surface area contributed by atoms with E-state index in [1.54, 1.807) is 11.3 Å². The lowest BCUT2D eigenvalue weighted by Crippen LogP contribution is -2.00. The molecular formula is C35H28N2O2S3. The van der Waals surface area contributed by atoms with Crippen LogP contribution in [0.2, 0.25) is 0 Å². The van der Waals surface area contributed by atoms with Crippen molar-refractivity contribution < 1.29 is 9.32 Å². The van der Waals surface area contributed by atoms with E-state index in [1.165, 1.54) is 11.3 Å². The predicted molar refractivity (Wildman–Crippen MR) is 178 cm³/mol. The molecule has 0 radical (unpaired) electrons. The van der Waals surface area contributed by atoms with Crippen molar-refractivity contribution in [2.24, 2.45) is 0 Å². The zero-order chi connectivity index (χ0) is 30.6. The van der Waals surface area contributed by atoms with Gasteiger partial charge < -0.3 is 10.8 Å². The Labute approximate surface area is 257 Å². The van der Waals surface area contributed by atoms with E-state index in [-0.39, 0.29) is 6.61 Å². The maximum Gasteiger partial charge on any atom is 0.127 e. The van der Waals surface area contributed by atoms with Gasteiger partial charge in [0, 0.05) is 17.7 Å². The first kappa shape index (κ1) is 33.4. The molecule has 0 aliphatic heterocycles. The summed E-state index contributed by atoms with van der Waals surface area (Å²) in [4.78, 5) is 6.75. The average molecular weight is 605 g/mol. The van der Waals surface area contributed by atoms with Crippen molar-refractivity contribution in [3.8, 4) is 21.7 Å². The normalized spacial score (nSPS) is 9.45. The fourth-order valence-corrected chi connectivity index (χ4v) is 6.71. The largest absolute Gasteiger partial charge is 0.396 e. The molecule has 0 saturated carbocycles. The third-order valence-corrected chi connectivity index (χ3v) is 8.97. The number of hydrogen-bond acceptors (Lipinski definition) is 6. The lowest BCUT2D eigenvalue weighted by Gasteiger charge is -2.08. The number of unbranched alkanes of at least 4 members (excludes halogenated alkanes) is 1. The quantitative estimate of drug-likeness (QED) is 0.164. The summed E-state index contributed by atoms with van der Waals surface area (Å²) >= 11 is 3.06. The lowest BCUT2D eigenvalue weighted by molar-refractivity contribution is 0.287. The number of pyridine rings is 1. The molecule has 0 aliphatic carbocycles. The number of thiophene rings is 2. The molecule has 7 heteroatoms. The summed E-state index contributed by atoms with van der Waals surface area (Å²) in [5.41, 5.74) is 34.1. The monoisotopic (exact) mass is 604 g/mol. The molecule has 0 aliphatic rings. The molecule has 3 heterocycles. The van der Waals surface area contributed by atoms with E-state index in [0.717, 1.165) is 31.9 Å². The number of rotatable bonds is 7. The third-order valence-electron chi connectivity index (χ3n) is 5.08. The zero-order valence-electron chi connectivity index (χ0n) is 23.0. The fraction of sp³-hybridized carbons (Fsp3) is 0.114. The first-order chi connectivity index (χ1) is 20.5. The van der Waals surface area contributed by atoms with Gasteiger partial charge in [0.05, 0.1) is 27.1 Å². The molecule has 0 bridgehead atoms. The van der Waals surface area contributed by atoms with Crippen molar-refractivity contribution in [3.05, 3.63) is 138 Å². The number of nitrogen functional groups attached to an aromatic ring is 1. The fourth-order valence-electron chi connectivity index (χ4n) is 3.32. The number of aliphatic hydroxyl groups is 1. The molecule has 0 saturated heterocycles. The van der Waals surface area contributed by atoms with Crippen LogP contribution in [0.3, 0.4) is 0 Å². The molecule has 1 atom stereocenters. The number of fused-ring (bicyclic) bond motifs is 1. The summed E-state index contributed by atoms with van der Waals surface area (Å²) in [5.74, 6) is 0.496. The minimum absolute atomic E-state index is 0.114. The smallest absolute Gasteiger partial charge is 0.127 e. The maximum atomic E-state index is 12.8. The van der Waals surface area contributed by atoms with E-state index >= 15 is 0 Å². The molecule has 1 aromatic carbocycles. The standard InChI is InChI=1S/C21H20N2O2S3.C10H4.C4H4/c22-19-18-15(14-7-2-1-3-8-14)13-16(17-9-6-11-26-17)23-20(18)27-21(19)28(25)12-5-4-10-24;1-3-5-7-9-10-8-6-4-2;1-3-4-2/h1-3,6-9,11,13,24H,4-5,10,12,22H2;1-2H2;1-2H2. The molecule has 1 unspecified atom stereocenters. The Morgan fingerprint density at radius 2 is 1.50 bits per heavy atom. The van der Waals surface area contributed by atoms with E-state index in [0.29, 0.717) is 28.5 Å². The second kappa shape index (κ2) is 19.3. The summed E-state index contributed by atoms with van der Waals surface area (Å²) in [7, 11) is -1.19. The van der Waals surface area contributed by atoms with Crippen LogP contribution in [0.5, 0.6) is 0 Å². The maximum absolute atomic E-state index is 12.8. The van der Waals surface area contributed by atoms with Gasteiger partial charge in [-0.15, -0.1) is 22.7 Å². The van der Waals surface area contributed by atoms with Gasteiger partial charge in [-0.1, -0.05) is 59.3 Å². The van der Waals surface area contributed by atoms with Gasteiger partial charge in [0.1, 0.15) is 9.04 Å². The summed E-state index contributed by atoms with van der Waals surface area (Å²) in [6.07, 6.45) is 1.35. The van der Waals surface area contributed by atoms with Crippen molar-refractivity contribution in [1.82, 2.24) is 4.98 Å². The molecule has 3 aromatic heterocycles. The van der Waals surface area contributed by atoms with Crippen LogP contribution >= 0.6 is 22.7 Å². The highest BCUT2D eigenvalue weighted by Gasteiger charge is 2.21. The summed E-state index contributed by atoms with van der Waals surface area (Å²) in [6, 6.07) is 16.2. The number of nitrogens with two attached hydrogens (primary N) is 1. The summed E-state index contributed by atoms with van der Waals surface area (Å²) in [5, 5.41) is 11.9. The second-order valence-corrected chi connectivity index (χ2v) is 11.5. The first-order valence-electron chi connectivity index (χ1n) is 12.4. The number of nitrogens with zero attached hydrogens (tertiary/aromatic N) is 1. The second-order valence-electron chi connectivity index (χ2n) is 7.82. The van der Waals surface area contributed by atoms with Crippen LogP contribution in [-0.4, -0.2) is 26.7 Å². The Bertz CT molecular complexity index is 1840.